The Morgan fingerprint density at radius 2 is 1.37 bits per heavy atom. The summed E-state index contributed by atoms with van der Waals surface area (Å²) in [6.07, 6.45) is 3.91. The van der Waals surface area contributed by atoms with Crippen LogP contribution in [0.4, 0.5) is 0 Å². The molecule has 0 heterocycles. The zero-order valence-electron chi connectivity index (χ0n) is 20.2. The van der Waals surface area contributed by atoms with Gasteiger partial charge in [-0.15, -0.1) is 11.8 Å². The molecule has 0 aliphatic carbocycles. The summed E-state index contributed by atoms with van der Waals surface area (Å²) in [4.78, 5) is 11.6. The van der Waals surface area contributed by atoms with Crippen molar-refractivity contribution in [1.29, 1.82) is 0 Å². The maximum absolute atomic E-state index is 11.4. The standard InChI is InChI=1S/C25H23BrO9S3/c1-37(29,30)34-19-7-3-17(4-8-19)22(18-5-9-20(10-6-18)35-38(2,31)32)13-14-36-21-11-12-24(23(26)15-21)33-16-25(27)28/h3-13,15H,14,16H2,1-2H3,(H,27,28). The Morgan fingerprint density at radius 1 is 0.868 bits per heavy atom. The molecule has 0 aliphatic heterocycles. The molecule has 13 heteroatoms. The van der Waals surface area contributed by atoms with Crippen LogP contribution in [0.2, 0.25) is 0 Å². The van der Waals surface area contributed by atoms with Gasteiger partial charge in [0.25, 0.3) is 0 Å². The van der Waals surface area contributed by atoms with E-state index in [0.29, 0.717) is 16.0 Å². The van der Waals surface area contributed by atoms with Crippen molar-refractivity contribution in [1.82, 2.24) is 0 Å². The number of carbonyl (C=O) groups is 1. The molecule has 38 heavy (non-hydrogen) atoms. The number of carboxylic acids is 1. The van der Waals surface area contributed by atoms with Gasteiger partial charge in [-0.05, 0) is 75.1 Å². The fourth-order valence-corrected chi connectivity index (χ4v) is 5.56. The Bertz CT molecular complexity index is 1450. The van der Waals surface area contributed by atoms with Gasteiger partial charge in [0.15, 0.2) is 6.61 Å². The third kappa shape index (κ3) is 9.71. The topological polar surface area (TPSA) is 133 Å². The summed E-state index contributed by atoms with van der Waals surface area (Å²) in [5.74, 6) is 0.245. The fraction of sp³-hybridized carbons (Fsp3) is 0.160. The molecule has 0 amide bonds. The molecule has 0 unspecified atom stereocenters. The maximum Gasteiger partial charge on any atom is 0.341 e. The first kappa shape index (κ1) is 29.6. The third-order valence-electron chi connectivity index (χ3n) is 4.62. The largest absolute Gasteiger partial charge is 0.481 e. The first-order chi connectivity index (χ1) is 17.8. The summed E-state index contributed by atoms with van der Waals surface area (Å²) in [6.45, 7) is -0.445. The van der Waals surface area contributed by atoms with E-state index in [9.17, 15) is 21.6 Å². The minimum absolute atomic E-state index is 0.178. The van der Waals surface area contributed by atoms with Gasteiger partial charge >= 0.3 is 26.2 Å². The van der Waals surface area contributed by atoms with Gasteiger partial charge in [-0.1, -0.05) is 30.3 Å². The average Bonchev–Trinajstić information content (AvgIpc) is 2.81. The van der Waals surface area contributed by atoms with Crippen molar-refractivity contribution in [3.63, 3.8) is 0 Å². The van der Waals surface area contributed by atoms with Crippen LogP contribution in [0.3, 0.4) is 0 Å². The molecule has 0 radical (unpaired) electrons. The van der Waals surface area contributed by atoms with Gasteiger partial charge in [-0.2, -0.15) is 16.8 Å². The molecule has 202 valence electrons. The van der Waals surface area contributed by atoms with Gasteiger partial charge in [-0.25, -0.2) is 4.79 Å². The van der Waals surface area contributed by atoms with Crippen LogP contribution in [-0.2, 0) is 25.0 Å². The van der Waals surface area contributed by atoms with Crippen LogP contribution in [0, 0.1) is 0 Å². The van der Waals surface area contributed by atoms with Crippen molar-refractivity contribution in [3.05, 3.63) is 88.4 Å². The van der Waals surface area contributed by atoms with Crippen molar-refractivity contribution in [2.45, 2.75) is 4.90 Å². The Balaban J connectivity index is 1.85. The highest BCUT2D eigenvalue weighted by Gasteiger charge is 2.11. The second-order valence-corrected chi connectivity index (χ2v) is 12.9. The Hall–Kier alpha value is -3.00. The SMILES string of the molecule is CS(=O)(=O)Oc1ccc(C(=CCSc2ccc(OCC(=O)O)c(Br)c2)c2ccc(OS(C)(=O)=O)cc2)cc1. The molecular weight excluding hydrogens is 620 g/mol. The summed E-state index contributed by atoms with van der Waals surface area (Å²) in [5, 5.41) is 8.79. The van der Waals surface area contributed by atoms with Crippen LogP contribution < -0.4 is 13.1 Å². The summed E-state index contributed by atoms with van der Waals surface area (Å²) < 4.78 is 61.4. The van der Waals surface area contributed by atoms with Gasteiger partial charge < -0.3 is 18.2 Å². The molecule has 0 bridgehead atoms. The normalized spacial score (nSPS) is 11.4. The number of rotatable bonds is 12. The van der Waals surface area contributed by atoms with Gasteiger partial charge in [0.1, 0.15) is 17.2 Å². The average molecular weight is 644 g/mol. The number of carboxylic acid groups (broad SMARTS) is 1. The molecular formula is C25H23BrO9S3. The van der Waals surface area contributed by atoms with Crippen LogP contribution in [-0.4, -0.2) is 52.8 Å². The van der Waals surface area contributed by atoms with Crippen LogP contribution >= 0.6 is 27.7 Å². The molecule has 0 fully saturated rings. The maximum atomic E-state index is 11.4. The van der Waals surface area contributed by atoms with E-state index >= 15 is 0 Å². The van der Waals surface area contributed by atoms with Crippen LogP contribution in [0.1, 0.15) is 11.1 Å². The summed E-state index contributed by atoms with van der Waals surface area (Å²) in [5.41, 5.74) is 2.37. The first-order valence-corrected chi connectivity index (χ1v) is 16.2. The zero-order chi connectivity index (χ0) is 27.9. The first-order valence-electron chi connectivity index (χ1n) is 10.8. The second-order valence-electron chi connectivity index (χ2n) is 7.83. The lowest BCUT2D eigenvalue weighted by Gasteiger charge is -2.12. The number of halogens is 1. The van der Waals surface area contributed by atoms with E-state index in [0.717, 1.165) is 34.1 Å². The number of ether oxygens (including phenoxy) is 1. The molecule has 3 aromatic carbocycles. The number of thioether (sulfide) groups is 1. The van der Waals surface area contributed by atoms with Crippen molar-refractivity contribution in [2.75, 3.05) is 24.9 Å². The smallest absolute Gasteiger partial charge is 0.341 e. The predicted molar refractivity (Wildman–Crippen MR) is 149 cm³/mol. The van der Waals surface area contributed by atoms with Crippen molar-refractivity contribution in [2.24, 2.45) is 0 Å². The van der Waals surface area contributed by atoms with Crippen molar-refractivity contribution in [3.8, 4) is 17.2 Å². The lowest BCUT2D eigenvalue weighted by molar-refractivity contribution is -0.139. The van der Waals surface area contributed by atoms with Gasteiger partial charge in [-0.3, -0.25) is 0 Å². The van der Waals surface area contributed by atoms with Crippen LogP contribution in [0.25, 0.3) is 5.57 Å². The molecule has 3 aromatic rings. The molecule has 1 N–H and O–H groups in total. The second kappa shape index (κ2) is 12.7. The summed E-state index contributed by atoms with van der Waals surface area (Å²) in [7, 11) is -7.33. The number of benzene rings is 3. The lowest BCUT2D eigenvalue weighted by atomic mass is 9.97. The number of aliphatic carboxylic acids is 1. The Kier molecular flexibility index (Phi) is 9.88. The Labute approximate surface area is 233 Å². The summed E-state index contributed by atoms with van der Waals surface area (Å²) in [6, 6.07) is 18.4. The molecule has 0 saturated carbocycles. The molecule has 0 saturated heterocycles. The van der Waals surface area contributed by atoms with Gasteiger partial charge in [0, 0.05) is 10.6 Å². The van der Waals surface area contributed by atoms with E-state index in [1.54, 1.807) is 54.6 Å². The molecule has 0 aromatic heterocycles. The van der Waals surface area contributed by atoms with Crippen molar-refractivity contribution >= 4 is 59.5 Å². The molecule has 3 rings (SSSR count). The summed E-state index contributed by atoms with van der Waals surface area (Å²) >= 11 is 4.91. The van der Waals surface area contributed by atoms with E-state index in [2.05, 4.69) is 15.9 Å². The highest BCUT2D eigenvalue weighted by atomic mass is 79.9. The lowest BCUT2D eigenvalue weighted by Crippen LogP contribution is -2.09. The molecule has 0 spiro atoms. The number of hydrogen-bond acceptors (Lipinski definition) is 9. The highest BCUT2D eigenvalue weighted by Crippen LogP contribution is 2.32. The fourth-order valence-electron chi connectivity index (χ4n) is 3.18. The minimum atomic E-state index is -3.66. The van der Waals surface area contributed by atoms with E-state index in [1.165, 1.54) is 11.8 Å². The van der Waals surface area contributed by atoms with E-state index in [1.807, 2.05) is 18.2 Å². The predicted octanol–water partition coefficient (Wildman–Crippen LogP) is 4.81. The third-order valence-corrected chi connectivity index (χ3v) is 7.15. The van der Waals surface area contributed by atoms with E-state index in [4.69, 9.17) is 18.2 Å². The quantitative estimate of drug-likeness (QED) is 0.217. The van der Waals surface area contributed by atoms with E-state index < -0.39 is 32.8 Å². The van der Waals surface area contributed by atoms with Gasteiger partial charge in [0.2, 0.25) is 0 Å². The molecule has 0 aliphatic rings. The molecule has 9 nitrogen and oxygen atoms in total. The molecule has 0 atom stereocenters. The number of hydrogen-bond donors (Lipinski definition) is 1. The van der Waals surface area contributed by atoms with Crippen LogP contribution in [0.15, 0.2) is 82.2 Å². The van der Waals surface area contributed by atoms with Gasteiger partial charge in [0.05, 0.1) is 17.0 Å². The van der Waals surface area contributed by atoms with Crippen molar-refractivity contribution < 1.29 is 39.8 Å². The monoisotopic (exact) mass is 642 g/mol. The Morgan fingerprint density at radius 3 is 1.79 bits per heavy atom. The zero-order valence-corrected chi connectivity index (χ0v) is 24.2. The minimum Gasteiger partial charge on any atom is -0.481 e. The van der Waals surface area contributed by atoms with E-state index in [-0.39, 0.29) is 11.5 Å². The van der Waals surface area contributed by atoms with Crippen LogP contribution in [0.5, 0.6) is 17.2 Å². The highest BCUT2D eigenvalue weighted by molar-refractivity contribution is 9.10.